The van der Waals surface area contributed by atoms with Crippen LogP contribution in [0.25, 0.3) is 5.76 Å². The molecule has 1 saturated heterocycles. The maximum atomic E-state index is 13.1. The van der Waals surface area contributed by atoms with Gasteiger partial charge in [-0.3, -0.25) is 9.59 Å². The number of amides is 1. The Hall–Kier alpha value is -3.48. The predicted molar refractivity (Wildman–Crippen MR) is 122 cm³/mol. The second kappa shape index (κ2) is 8.94. The SMILES string of the molecule is CCCCCN1C(=O)C(=O)/C(=C(\O)c2ccc3c(c2)N(C)CCO3)C1c1cccc(O)c1. The van der Waals surface area contributed by atoms with Gasteiger partial charge in [0.2, 0.25) is 0 Å². The van der Waals surface area contributed by atoms with Crippen molar-refractivity contribution in [3.63, 3.8) is 0 Å². The molecule has 2 aliphatic rings. The second-order valence-electron chi connectivity index (χ2n) is 8.25. The number of anilines is 1. The molecule has 0 radical (unpaired) electrons. The molecular weight excluding hydrogens is 408 g/mol. The largest absolute Gasteiger partial charge is 0.508 e. The number of likely N-dealkylation sites (N-methyl/N-ethyl adjacent to an activating group) is 1. The van der Waals surface area contributed by atoms with Crippen LogP contribution in [-0.4, -0.2) is 53.5 Å². The van der Waals surface area contributed by atoms with Gasteiger partial charge in [-0.15, -0.1) is 0 Å². The van der Waals surface area contributed by atoms with E-state index in [0.29, 0.717) is 36.6 Å². The van der Waals surface area contributed by atoms with Crippen molar-refractivity contribution >= 4 is 23.1 Å². The summed E-state index contributed by atoms with van der Waals surface area (Å²) in [6, 6.07) is 11.0. The number of carbonyl (C=O) groups is 2. The van der Waals surface area contributed by atoms with E-state index < -0.39 is 17.7 Å². The van der Waals surface area contributed by atoms with Crippen molar-refractivity contribution in [3.8, 4) is 11.5 Å². The van der Waals surface area contributed by atoms with E-state index in [9.17, 15) is 19.8 Å². The third kappa shape index (κ3) is 3.90. The molecule has 2 aromatic rings. The minimum Gasteiger partial charge on any atom is -0.508 e. The highest BCUT2D eigenvalue weighted by Gasteiger charge is 2.45. The summed E-state index contributed by atoms with van der Waals surface area (Å²) in [5.41, 5.74) is 1.88. The maximum Gasteiger partial charge on any atom is 0.295 e. The summed E-state index contributed by atoms with van der Waals surface area (Å²) in [5.74, 6) is -0.824. The van der Waals surface area contributed by atoms with E-state index in [-0.39, 0.29) is 17.1 Å². The van der Waals surface area contributed by atoms with Crippen LogP contribution in [0.5, 0.6) is 11.5 Å². The number of benzene rings is 2. The Bertz CT molecular complexity index is 1080. The van der Waals surface area contributed by atoms with Crippen molar-refractivity contribution in [3.05, 3.63) is 59.2 Å². The van der Waals surface area contributed by atoms with Crippen LogP contribution in [0, 0.1) is 0 Å². The molecule has 4 rings (SSSR count). The fourth-order valence-corrected chi connectivity index (χ4v) is 4.34. The third-order valence-corrected chi connectivity index (χ3v) is 6.06. The number of carbonyl (C=O) groups excluding carboxylic acids is 2. The van der Waals surface area contributed by atoms with Crippen LogP contribution in [-0.2, 0) is 9.59 Å². The molecule has 2 aromatic carbocycles. The average molecular weight is 437 g/mol. The number of hydrogen-bond donors (Lipinski definition) is 2. The van der Waals surface area contributed by atoms with Crippen LogP contribution in [0.4, 0.5) is 5.69 Å². The maximum absolute atomic E-state index is 13.1. The summed E-state index contributed by atoms with van der Waals surface area (Å²) in [6.07, 6.45) is 2.65. The van der Waals surface area contributed by atoms with Gasteiger partial charge in [0.05, 0.1) is 23.8 Å². The van der Waals surface area contributed by atoms with Crippen molar-refractivity contribution in [1.82, 2.24) is 4.90 Å². The highest BCUT2D eigenvalue weighted by atomic mass is 16.5. The summed E-state index contributed by atoms with van der Waals surface area (Å²) in [5, 5.41) is 21.3. The Kier molecular flexibility index (Phi) is 6.08. The zero-order valence-corrected chi connectivity index (χ0v) is 18.4. The fourth-order valence-electron chi connectivity index (χ4n) is 4.34. The first-order valence-corrected chi connectivity index (χ1v) is 11.0. The number of phenols is 1. The van der Waals surface area contributed by atoms with Gasteiger partial charge in [0, 0.05) is 19.2 Å². The zero-order chi connectivity index (χ0) is 22.8. The Labute approximate surface area is 187 Å². The Morgan fingerprint density at radius 2 is 1.97 bits per heavy atom. The molecule has 0 saturated carbocycles. The number of ether oxygens (including phenoxy) is 1. The first-order valence-electron chi connectivity index (χ1n) is 11.0. The lowest BCUT2D eigenvalue weighted by molar-refractivity contribution is -0.139. The molecule has 2 N–H and O–H groups in total. The first-order chi connectivity index (χ1) is 15.4. The van der Waals surface area contributed by atoms with Crippen LogP contribution >= 0.6 is 0 Å². The molecule has 32 heavy (non-hydrogen) atoms. The minimum absolute atomic E-state index is 0.0363. The molecular formula is C25H28N2O5. The fraction of sp³-hybridized carbons (Fsp3) is 0.360. The highest BCUT2D eigenvalue weighted by Crippen LogP contribution is 2.41. The van der Waals surface area contributed by atoms with Gasteiger partial charge in [-0.1, -0.05) is 31.9 Å². The molecule has 168 valence electrons. The number of aliphatic hydroxyl groups is 1. The number of aromatic hydroxyl groups is 1. The molecule has 1 unspecified atom stereocenters. The molecule has 1 atom stereocenters. The predicted octanol–water partition coefficient (Wildman–Crippen LogP) is 3.83. The van der Waals surface area contributed by atoms with Gasteiger partial charge in [0.25, 0.3) is 11.7 Å². The lowest BCUT2D eigenvalue weighted by Crippen LogP contribution is -2.30. The van der Waals surface area contributed by atoms with E-state index in [1.54, 1.807) is 30.3 Å². The summed E-state index contributed by atoms with van der Waals surface area (Å²) >= 11 is 0. The van der Waals surface area contributed by atoms with Gasteiger partial charge in [-0.25, -0.2) is 0 Å². The van der Waals surface area contributed by atoms with Gasteiger partial charge < -0.3 is 24.7 Å². The van der Waals surface area contributed by atoms with Gasteiger partial charge in [0.15, 0.2) is 0 Å². The van der Waals surface area contributed by atoms with Gasteiger partial charge in [-0.05, 0) is 42.3 Å². The van der Waals surface area contributed by atoms with Crippen molar-refractivity contribution in [2.75, 3.05) is 31.6 Å². The van der Waals surface area contributed by atoms with Crippen LogP contribution in [0.15, 0.2) is 48.0 Å². The lowest BCUT2D eigenvalue weighted by atomic mass is 9.94. The van der Waals surface area contributed by atoms with E-state index in [0.717, 1.165) is 24.9 Å². The smallest absolute Gasteiger partial charge is 0.295 e. The van der Waals surface area contributed by atoms with E-state index in [1.807, 2.05) is 11.9 Å². The van der Waals surface area contributed by atoms with Gasteiger partial charge >= 0.3 is 0 Å². The molecule has 0 spiro atoms. The summed E-state index contributed by atoms with van der Waals surface area (Å²) < 4.78 is 5.67. The van der Waals surface area contributed by atoms with E-state index in [2.05, 4.69) is 6.92 Å². The van der Waals surface area contributed by atoms with Crippen molar-refractivity contribution in [2.45, 2.75) is 32.2 Å². The number of unbranched alkanes of at least 4 members (excludes halogenated alkanes) is 2. The molecule has 1 amide bonds. The molecule has 2 aliphatic heterocycles. The number of nitrogens with zero attached hydrogens (tertiary/aromatic N) is 2. The van der Waals surface area contributed by atoms with Gasteiger partial charge in [0.1, 0.15) is 23.9 Å². The minimum atomic E-state index is -0.760. The average Bonchev–Trinajstić information content (AvgIpc) is 3.04. The van der Waals surface area contributed by atoms with Crippen LogP contribution in [0.1, 0.15) is 43.4 Å². The molecule has 2 heterocycles. The number of phenolic OH excluding ortho intramolecular Hbond substituents is 1. The van der Waals surface area contributed by atoms with Crippen molar-refractivity contribution in [2.24, 2.45) is 0 Å². The quantitative estimate of drug-likeness (QED) is 0.310. The number of likely N-dealkylation sites (tertiary alicyclic amines) is 1. The topological polar surface area (TPSA) is 90.3 Å². The Balaban J connectivity index is 1.82. The van der Waals surface area contributed by atoms with Crippen LogP contribution < -0.4 is 9.64 Å². The summed E-state index contributed by atoms with van der Waals surface area (Å²) in [7, 11) is 1.94. The number of ketones is 1. The molecule has 7 nitrogen and oxygen atoms in total. The summed E-state index contributed by atoms with van der Waals surface area (Å²) in [6.45, 7) is 3.76. The zero-order valence-electron chi connectivity index (χ0n) is 18.4. The number of hydrogen-bond acceptors (Lipinski definition) is 6. The molecule has 1 fully saturated rings. The lowest BCUT2D eigenvalue weighted by Gasteiger charge is -2.28. The van der Waals surface area contributed by atoms with Crippen molar-refractivity contribution in [1.29, 1.82) is 0 Å². The molecule has 0 aliphatic carbocycles. The molecule has 7 heteroatoms. The highest BCUT2D eigenvalue weighted by molar-refractivity contribution is 6.46. The van der Waals surface area contributed by atoms with E-state index in [1.165, 1.54) is 17.0 Å². The Morgan fingerprint density at radius 1 is 1.16 bits per heavy atom. The van der Waals surface area contributed by atoms with E-state index >= 15 is 0 Å². The molecule has 0 aromatic heterocycles. The second-order valence-corrected chi connectivity index (χ2v) is 8.25. The number of rotatable bonds is 6. The van der Waals surface area contributed by atoms with Crippen LogP contribution in [0.3, 0.4) is 0 Å². The standard InChI is InChI=1S/C25H28N2O5/c1-3-4-5-11-27-22(16-7-6-8-18(28)14-16)21(24(30)25(27)31)23(29)17-9-10-20-19(15-17)26(2)12-13-32-20/h6-10,14-15,22,28-29H,3-5,11-13H2,1-2H3/b23-21-. The summed E-state index contributed by atoms with van der Waals surface area (Å²) in [4.78, 5) is 29.5. The Morgan fingerprint density at radius 3 is 2.72 bits per heavy atom. The third-order valence-electron chi connectivity index (χ3n) is 6.06. The normalized spacial score (nSPS) is 19.8. The molecule has 0 bridgehead atoms. The van der Waals surface area contributed by atoms with Gasteiger partial charge in [-0.2, -0.15) is 0 Å². The number of fused-ring (bicyclic) bond motifs is 1. The van der Waals surface area contributed by atoms with Crippen molar-refractivity contribution < 1.29 is 24.5 Å². The number of Topliss-reactive ketones (excluding diaryl/α,β-unsaturated/α-hetero) is 1. The van der Waals surface area contributed by atoms with Crippen LogP contribution in [0.2, 0.25) is 0 Å². The number of aliphatic hydroxyl groups excluding tert-OH is 1. The van der Waals surface area contributed by atoms with E-state index in [4.69, 9.17) is 4.74 Å². The monoisotopic (exact) mass is 436 g/mol. The first kappa shape index (κ1) is 21.7.